The number of carbonyl (C=O) groups is 2. The second kappa shape index (κ2) is 8.34. The number of rotatable bonds is 5. The van der Waals surface area contributed by atoms with Crippen LogP contribution in [0.4, 0.5) is 18.9 Å². The number of halogens is 3. The third-order valence-electron chi connectivity index (χ3n) is 5.66. The molecule has 0 unspecified atom stereocenters. The van der Waals surface area contributed by atoms with Gasteiger partial charge in [-0.3, -0.25) is 9.69 Å². The predicted octanol–water partition coefficient (Wildman–Crippen LogP) is 4.06. The number of amides is 1. The maximum absolute atomic E-state index is 13.2. The lowest BCUT2D eigenvalue weighted by Gasteiger charge is -2.32. The Morgan fingerprint density at radius 3 is 2.09 bits per heavy atom. The van der Waals surface area contributed by atoms with Crippen LogP contribution in [0.25, 0.3) is 0 Å². The van der Waals surface area contributed by atoms with Crippen LogP contribution in [0.5, 0.6) is 17.2 Å². The summed E-state index contributed by atoms with van der Waals surface area (Å²) in [6.07, 6.45) is -4.60. The van der Waals surface area contributed by atoms with Crippen molar-refractivity contribution >= 4 is 17.6 Å². The fraction of sp³-hybridized carbons (Fsp3) is 0.304. The largest absolute Gasteiger partial charge is 0.493 e. The van der Waals surface area contributed by atoms with Gasteiger partial charge in [0.05, 0.1) is 38.2 Å². The molecule has 174 valence electrons. The van der Waals surface area contributed by atoms with Crippen molar-refractivity contribution in [1.29, 1.82) is 0 Å². The molecular weight excluding hydrogens is 443 g/mol. The fourth-order valence-electron chi connectivity index (χ4n) is 4.14. The Kier molecular flexibility index (Phi) is 5.69. The molecule has 2 aliphatic rings. The monoisotopic (exact) mass is 463 g/mol. The molecule has 0 fully saturated rings. The van der Waals surface area contributed by atoms with Crippen molar-refractivity contribution in [2.45, 2.75) is 18.5 Å². The molecule has 1 amide bonds. The summed E-state index contributed by atoms with van der Waals surface area (Å²) in [7, 11) is 4.36. The Hall–Kier alpha value is -3.69. The minimum Gasteiger partial charge on any atom is -0.493 e. The van der Waals surface area contributed by atoms with Gasteiger partial charge in [-0.15, -0.1) is 0 Å². The smallest absolute Gasteiger partial charge is 0.416 e. The van der Waals surface area contributed by atoms with Crippen molar-refractivity contribution < 1.29 is 41.7 Å². The molecule has 2 aromatic rings. The van der Waals surface area contributed by atoms with Gasteiger partial charge in [-0.1, -0.05) is 0 Å². The number of alkyl halides is 3. The van der Waals surface area contributed by atoms with Gasteiger partial charge in [0.25, 0.3) is 0 Å². The second-order valence-electron chi connectivity index (χ2n) is 7.43. The predicted molar refractivity (Wildman–Crippen MR) is 110 cm³/mol. The average Bonchev–Trinajstić information content (AvgIpc) is 3.18. The number of ether oxygens (including phenoxy) is 4. The van der Waals surface area contributed by atoms with E-state index in [-0.39, 0.29) is 30.2 Å². The lowest BCUT2D eigenvalue weighted by molar-refractivity contribution is -0.138. The summed E-state index contributed by atoms with van der Waals surface area (Å²) >= 11 is 0. The van der Waals surface area contributed by atoms with Crippen LogP contribution in [-0.4, -0.2) is 39.8 Å². The number of cyclic esters (lactones) is 1. The Morgan fingerprint density at radius 1 is 0.970 bits per heavy atom. The van der Waals surface area contributed by atoms with Crippen LogP contribution in [0.3, 0.4) is 0 Å². The molecule has 7 nitrogen and oxygen atoms in total. The highest BCUT2D eigenvalue weighted by Crippen LogP contribution is 2.46. The molecule has 0 aromatic heterocycles. The lowest BCUT2D eigenvalue weighted by atomic mass is 9.83. The summed E-state index contributed by atoms with van der Waals surface area (Å²) < 4.78 is 60.1. The van der Waals surface area contributed by atoms with E-state index in [4.69, 9.17) is 18.9 Å². The van der Waals surface area contributed by atoms with Gasteiger partial charge in [0.15, 0.2) is 11.5 Å². The zero-order chi connectivity index (χ0) is 23.9. The first kappa shape index (κ1) is 22.5. The van der Waals surface area contributed by atoms with Crippen LogP contribution in [0.1, 0.15) is 23.5 Å². The molecule has 2 aliphatic heterocycles. The third-order valence-corrected chi connectivity index (χ3v) is 5.66. The molecule has 1 atom stereocenters. The number of hydrogen-bond donors (Lipinski definition) is 0. The Bertz CT molecular complexity index is 1110. The van der Waals surface area contributed by atoms with Crippen molar-refractivity contribution in [2.24, 2.45) is 0 Å². The van der Waals surface area contributed by atoms with E-state index >= 15 is 0 Å². The number of carbonyl (C=O) groups excluding carboxylic acids is 2. The van der Waals surface area contributed by atoms with Gasteiger partial charge in [-0.05, 0) is 42.0 Å². The quantitative estimate of drug-likeness (QED) is 0.623. The van der Waals surface area contributed by atoms with Crippen molar-refractivity contribution in [1.82, 2.24) is 0 Å². The molecule has 33 heavy (non-hydrogen) atoms. The van der Waals surface area contributed by atoms with Crippen molar-refractivity contribution in [3.63, 3.8) is 0 Å². The fourth-order valence-corrected chi connectivity index (χ4v) is 4.14. The first-order valence-corrected chi connectivity index (χ1v) is 9.89. The topological polar surface area (TPSA) is 74.3 Å². The first-order chi connectivity index (χ1) is 15.7. The zero-order valence-corrected chi connectivity index (χ0v) is 18.0. The standard InChI is InChI=1S/C23H20F3NO6/c1-30-17-8-12(9-18(31-2)21(17)32-3)15-10-19(28)27(16-11-33-22(29)20(15)16)14-6-4-13(5-7-14)23(24,25)26/h4-9,15H,10-11H2,1-3H3/t15-/m1/s1. The van der Waals surface area contributed by atoms with E-state index in [1.54, 1.807) is 12.1 Å². The van der Waals surface area contributed by atoms with E-state index in [1.165, 1.54) is 38.4 Å². The third kappa shape index (κ3) is 3.85. The molecule has 0 bridgehead atoms. The van der Waals surface area contributed by atoms with Gasteiger partial charge in [-0.2, -0.15) is 13.2 Å². The Balaban J connectivity index is 1.80. The van der Waals surface area contributed by atoms with Crippen molar-refractivity contribution in [3.8, 4) is 17.2 Å². The van der Waals surface area contributed by atoms with Gasteiger partial charge >= 0.3 is 12.1 Å². The molecule has 0 saturated heterocycles. The highest BCUT2D eigenvalue weighted by molar-refractivity contribution is 6.06. The van der Waals surface area contributed by atoms with Crippen molar-refractivity contribution in [2.75, 3.05) is 32.8 Å². The summed E-state index contributed by atoms with van der Waals surface area (Å²) in [4.78, 5) is 27.0. The van der Waals surface area contributed by atoms with Crippen molar-refractivity contribution in [3.05, 3.63) is 58.8 Å². The molecule has 0 spiro atoms. The number of esters is 1. The highest BCUT2D eigenvalue weighted by atomic mass is 19.4. The number of anilines is 1. The van der Waals surface area contributed by atoms with Crippen LogP contribution < -0.4 is 19.1 Å². The molecule has 0 radical (unpaired) electrons. The van der Waals surface area contributed by atoms with Crippen LogP contribution in [0, 0.1) is 0 Å². The van der Waals surface area contributed by atoms with Gasteiger partial charge in [0, 0.05) is 18.0 Å². The molecule has 10 heteroatoms. The zero-order valence-electron chi connectivity index (χ0n) is 18.0. The van der Waals surface area contributed by atoms with E-state index in [0.717, 1.165) is 12.1 Å². The number of nitrogens with zero attached hydrogens (tertiary/aromatic N) is 1. The molecule has 0 aliphatic carbocycles. The maximum atomic E-state index is 13.2. The van der Waals surface area contributed by atoms with Crippen LogP contribution in [-0.2, 0) is 20.5 Å². The van der Waals surface area contributed by atoms with Crippen LogP contribution >= 0.6 is 0 Å². The summed E-state index contributed by atoms with van der Waals surface area (Å²) in [5.41, 5.74) is 0.538. The molecule has 0 N–H and O–H groups in total. The van der Waals surface area contributed by atoms with Gasteiger partial charge < -0.3 is 18.9 Å². The maximum Gasteiger partial charge on any atom is 0.416 e. The van der Waals surface area contributed by atoms with E-state index < -0.39 is 23.6 Å². The van der Waals surface area contributed by atoms with Gasteiger partial charge in [-0.25, -0.2) is 4.79 Å². The van der Waals surface area contributed by atoms with Crippen LogP contribution in [0.2, 0.25) is 0 Å². The molecule has 0 saturated carbocycles. The summed E-state index contributed by atoms with van der Waals surface area (Å²) in [5, 5.41) is 0. The lowest BCUT2D eigenvalue weighted by Crippen LogP contribution is -2.37. The SMILES string of the molecule is COc1cc([C@H]2CC(=O)N(c3ccc(C(F)(F)F)cc3)C3=C2C(=O)OC3)cc(OC)c1OC. The molecule has 2 heterocycles. The Labute approximate surface area is 187 Å². The highest BCUT2D eigenvalue weighted by Gasteiger charge is 2.43. The first-order valence-electron chi connectivity index (χ1n) is 9.89. The average molecular weight is 463 g/mol. The Morgan fingerprint density at radius 2 is 1.58 bits per heavy atom. The number of hydrogen-bond acceptors (Lipinski definition) is 6. The van der Waals surface area contributed by atoms with E-state index in [1.807, 2.05) is 0 Å². The summed E-state index contributed by atoms with van der Waals surface area (Å²) in [6.45, 7) is -0.165. The molecular formula is C23H20F3NO6. The summed E-state index contributed by atoms with van der Waals surface area (Å²) in [6, 6.07) is 7.51. The van der Waals surface area contributed by atoms with Gasteiger partial charge in [0.1, 0.15) is 6.61 Å². The van der Waals surface area contributed by atoms with Gasteiger partial charge in [0.2, 0.25) is 11.7 Å². The second-order valence-corrected chi connectivity index (χ2v) is 7.43. The molecule has 2 aromatic carbocycles. The summed E-state index contributed by atoms with van der Waals surface area (Å²) in [5.74, 6) is -0.544. The number of methoxy groups -OCH3 is 3. The van der Waals surface area contributed by atoms with Crippen LogP contribution in [0.15, 0.2) is 47.7 Å². The van der Waals surface area contributed by atoms with E-state index in [2.05, 4.69) is 0 Å². The molecule has 4 rings (SSSR count). The van der Waals surface area contributed by atoms with E-state index in [9.17, 15) is 22.8 Å². The number of benzene rings is 2. The minimum atomic E-state index is -4.50. The van der Waals surface area contributed by atoms with E-state index in [0.29, 0.717) is 28.5 Å². The minimum absolute atomic E-state index is 0.104. The normalized spacial score (nSPS) is 18.2.